The first-order valence-electron chi connectivity index (χ1n) is 11.7. The summed E-state index contributed by atoms with van der Waals surface area (Å²) in [6.45, 7) is 17.6. The van der Waals surface area contributed by atoms with Crippen molar-refractivity contribution >= 4 is 29.1 Å². The molecule has 3 unspecified atom stereocenters. The van der Waals surface area contributed by atoms with E-state index in [9.17, 15) is 0 Å². The predicted octanol–water partition coefficient (Wildman–Crippen LogP) is 9.48. The summed E-state index contributed by atoms with van der Waals surface area (Å²) in [6, 6.07) is 0. The van der Waals surface area contributed by atoms with Gasteiger partial charge in [0.25, 0.3) is 0 Å². The van der Waals surface area contributed by atoms with Gasteiger partial charge in [0.05, 0.1) is 0 Å². The van der Waals surface area contributed by atoms with Crippen molar-refractivity contribution in [3.63, 3.8) is 0 Å². The van der Waals surface area contributed by atoms with Crippen LogP contribution < -0.4 is 0 Å². The number of hydrogen-bond donors (Lipinski definition) is 0. The molecule has 4 heteroatoms. The Hall–Kier alpha value is 1.77. The summed E-state index contributed by atoms with van der Waals surface area (Å²) in [6.07, 6.45) is 21.9. The van der Waals surface area contributed by atoms with Gasteiger partial charge < -0.3 is 6.08 Å². The average Bonchev–Trinajstić information content (AvgIpc) is 2.78. The van der Waals surface area contributed by atoms with Crippen molar-refractivity contribution in [3.05, 3.63) is 12.7 Å². The number of rotatable bonds is 7. The number of halogens is 1. The van der Waals surface area contributed by atoms with E-state index in [0.29, 0.717) is 15.8 Å². The van der Waals surface area contributed by atoms with Crippen LogP contribution in [0.5, 0.6) is 0 Å². The Morgan fingerprint density at radius 3 is 1.46 bits per heavy atom. The number of fused-ring (bicyclic) bond motifs is 1. The monoisotopic (exact) mass is 673 g/mol. The van der Waals surface area contributed by atoms with Crippen LogP contribution in [0.25, 0.3) is 0 Å². The van der Waals surface area contributed by atoms with E-state index in [1.54, 1.807) is 0 Å². The van der Waals surface area contributed by atoms with Gasteiger partial charge in [-0.3, -0.25) is 6.58 Å². The van der Waals surface area contributed by atoms with Gasteiger partial charge >= 0.3 is 31.1 Å². The van der Waals surface area contributed by atoms with Gasteiger partial charge in [-0.15, -0.1) is 15.8 Å². The maximum absolute atomic E-state index is 3.85. The van der Waals surface area contributed by atoms with E-state index in [1.807, 2.05) is 17.8 Å². The van der Waals surface area contributed by atoms with Crippen molar-refractivity contribution in [2.45, 2.75) is 86.5 Å². The summed E-state index contributed by atoms with van der Waals surface area (Å²) in [5, 5.41) is 0. The zero-order valence-corrected chi connectivity index (χ0v) is 25.4. The van der Waals surface area contributed by atoms with Crippen LogP contribution in [0.2, 0.25) is 0 Å². The van der Waals surface area contributed by atoms with Crippen LogP contribution in [0.1, 0.15) is 86.5 Å². The number of hydrogen-bond acceptors (Lipinski definition) is 0. The van der Waals surface area contributed by atoms with Crippen LogP contribution in [0, 0.1) is 23.8 Å². The molecule has 172 valence electrons. The second kappa shape index (κ2) is 23.4. The molecular formula is C24H49BrP2Pt. The first-order valence-corrected chi connectivity index (χ1v) is 20.5. The molecular weight excluding hydrogens is 625 g/mol. The molecule has 0 aromatic carbocycles. The molecule has 2 fully saturated rings. The Morgan fingerprint density at radius 1 is 0.714 bits per heavy atom. The molecule has 0 nitrogen and oxygen atoms in total. The molecule has 2 aliphatic carbocycles. The fourth-order valence-electron chi connectivity index (χ4n) is 4.53. The molecule has 0 N–H and O–H groups in total. The van der Waals surface area contributed by atoms with E-state index in [4.69, 9.17) is 0 Å². The van der Waals surface area contributed by atoms with Gasteiger partial charge in [-0.05, 0) is 42.9 Å². The zero-order chi connectivity index (χ0) is 21.8. The third kappa shape index (κ3) is 14.7. The predicted molar refractivity (Wildman–Crippen MR) is 138 cm³/mol. The summed E-state index contributed by atoms with van der Waals surface area (Å²) >= 11 is 4.86. The van der Waals surface area contributed by atoms with Crippen molar-refractivity contribution < 1.29 is 17.8 Å². The molecule has 0 heterocycles. The topological polar surface area (TPSA) is 0 Å². The molecule has 0 spiro atoms. The fraction of sp³-hybridized carbons (Fsp3) is 0.917. The van der Waals surface area contributed by atoms with Crippen LogP contribution in [0.4, 0.5) is 0 Å². The van der Waals surface area contributed by atoms with Crippen molar-refractivity contribution in [1.29, 1.82) is 0 Å². The Labute approximate surface area is 199 Å². The molecule has 0 amide bonds. The van der Waals surface area contributed by atoms with Gasteiger partial charge in [-0.2, -0.15) is 5.92 Å². The minimum absolute atomic E-state index is 0.446. The van der Waals surface area contributed by atoms with E-state index >= 15 is 0 Å². The summed E-state index contributed by atoms with van der Waals surface area (Å²) in [4.78, 5) is 0. The quantitative estimate of drug-likeness (QED) is 0.187. The van der Waals surface area contributed by atoms with E-state index < -0.39 is 0 Å². The molecule has 2 aliphatic rings. The molecule has 0 aromatic heterocycles. The van der Waals surface area contributed by atoms with Gasteiger partial charge in [0.2, 0.25) is 0 Å². The summed E-state index contributed by atoms with van der Waals surface area (Å²) in [5.41, 5.74) is 0. The Bertz CT molecular complexity index is 295. The molecule has 0 bridgehead atoms. The molecule has 0 aromatic rings. The standard InChI is InChI=1S/C12H19.2C6H15P.BrH.Pt/c1-2-10-7-5-8-11-6-3-4-9-12(10)11;2*1-4-7(5-2)6-3;;/h10-12H,1,3-9H2;2*4-6H2,1-3H3;1H;/q-1;;;;+2/p-1. The van der Waals surface area contributed by atoms with E-state index in [-0.39, 0.29) is 0 Å². The molecule has 2 saturated carbocycles. The Balaban J connectivity index is 0. The van der Waals surface area contributed by atoms with E-state index in [0.717, 1.165) is 17.8 Å². The van der Waals surface area contributed by atoms with E-state index in [1.165, 1.54) is 81.9 Å². The van der Waals surface area contributed by atoms with E-state index in [2.05, 4.69) is 67.5 Å². The third-order valence-corrected chi connectivity index (χ3v) is 11.9. The second-order valence-electron chi connectivity index (χ2n) is 7.69. The molecule has 3 atom stereocenters. The molecule has 0 radical (unpaired) electrons. The van der Waals surface area contributed by atoms with Crippen molar-refractivity contribution in [2.24, 2.45) is 17.8 Å². The van der Waals surface area contributed by atoms with Gasteiger partial charge in [0, 0.05) is 0 Å². The van der Waals surface area contributed by atoms with Gasteiger partial charge in [-0.25, -0.2) is 0 Å². The molecule has 0 saturated heterocycles. The first-order chi connectivity index (χ1) is 13.6. The van der Waals surface area contributed by atoms with Crippen LogP contribution in [-0.4, -0.2) is 37.0 Å². The van der Waals surface area contributed by atoms with Crippen molar-refractivity contribution in [1.82, 2.24) is 0 Å². The fourth-order valence-corrected chi connectivity index (χ4v) is 7.22. The zero-order valence-electron chi connectivity index (χ0n) is 19.7. The Kier molecular flexibility index (Phi) is 26.7. The first kappa shape index (κ1) is 32.0. The summed E-state index contributed by atoms with van der Waals surface area (Å²) < 4.78 is 0. The summed E-state index contributed by atoms with van der Waals surface area (Å²) in [5.74, 6) is 2.74. The second-order valence-corrected chi connectivity index (χ2v) is 14.2. The van der Waals surface area contributed by atoms with Crippen LogP contribution in [-0.2, 0) is 17.8 Å². The maximum atomic E-state index is 3.85. The SMILES string of the molecule is C=[C-]C1CCCC2CCCCC12.CCP(CC)CC.CCP(CC)CC.[Br][Pt+]. The van der Waals surface area contributed by atoms with Gasteiger partial charge in [-0.1, -0.05) is 92.4 Å². The van der Waals surface area contributed by atoms with Crippen LogP contribution >= 0.6 is 29.1 Å². The van der Waals surface area contributed by atoms with Crippen molar-refractivity contribution in [2.75, 3.05) is 37.0 Å². The average molecular weight is 675 g/mol. The van der Waals surface area contributed by atoms with Crippen LogP contribution in [0.15, 0.2) is 6.58 Å². The van der Waals surface area contributed by atoms with Gasteiger partial charge in [0.1, 0.15) is 0 Å². The minimum atomic E-state index is 0.446. The van der Waals surface area contributed by atoms with Crippen LogP contribution in [0.3, 0.4) is 0 Å². The molecule has 0 aliphatic heterocycles. The molecule has 2 rings (SSSR count). The van der Waals surface area contributed by atoms with Gasteiger partial charge in [0.15, 0.2) is 0 Å². The third-order valence-electron chi connectivity index (χ3n) is 6.52. The van der Waals surface area contributed by atoms with Crippen molar-refractivity contribution in [3.8, 4) is 0 Å². The normalized spacial score (nSPS) is 23.3. The molecule has 28 heavy (non-hydrogen) atoms. The Morgan fingerprint density at radius 2 is 1.11 bits per heavy atom. The number of allylic oxidation sites excluding steroid dienone is 1. The summed E-state index contributed by atoms with van der Waals surface area (Å²) in [7, 11) is 0.892.